The Morgan fingerprint density at radius 1 is 0.925 bits per heavy atom. The number of hydrogen-bond acceptors (Lipinski definition) is 6. The fraction of sp³-hybridized carbons (Fsp3) is 0.143. The maximum atomic E-state index is 13.5. The van der Waals surface area contributed by atoms with Gasteiger partial charge < -0.3 is 10.2 Å². The van der Waals surface area contributed by atoms with Crippen molar-refractivity contribution >= 4 is 40.3 Å². The van der Waals surface area contributed by atoms with Gasteiger partial charge in [-0.2, -0.15) is 13.2 Å². The van der Waals surface area contributed by atoms with Gasteiger partial charge in [0.25, 0.3) is 5.91 Å². The summed E-state index contributed by atoms with van der Waals surface area (Å²) in [5.41, 5.74) is 1.72. The number of carbonyl (C=O) groups excluding carboxylic acids is 2. The van der Waals surface area contributed by atoms with Crippen LogP contribution in [0.3, 0.4) is 0 Å². The van der Waals surface area contributed by atoms with Gasteiger partial charge in [-0.1, -0.05) is 12.1 Å². The molecule has 4 aromatic rings. The summed E-state index contributed by atoms with van der Waals surface area (Å²) in [7, 11) is 1.42. The molecule has 1 fully saturated rings. The molecule has 0 unspecified atom stereocenters. The van der Waals surface area contributed by atoms with Crippen molar-refractivity contribution < 1.29 is 33.0 Å². The van der Waals surface area contributed by atoms with Crippen molar-refractivity contribution in [3.63, 3.8) is 0 Å². The van der Waals surface area contributed by atoms with Gasteiger partial charge in [-0.3, -0.25) is 19.6 Å². The lowest BCUT2D eigenvalue weighted by molar-refractivity contribution is -0.137. The number of alkyl halides is 3. The molecule has 3 N–H and O–H groups in total. The number of azo groups is 1. The lowest BCUT2D eigenvalue weighted by Gasteiger charge is -2.11. The first-order chi connectivity index (χ1) is 18.8. The Hall–Kier alpha value is -5.13. The summed E-state index contributed by atoms with van der Waals surface area (Å²) in [6.07, 6.45) is -3.20. The Balaban J connectivity index is 1.59. The first-order valence-corrected chi connectivity index (χ1v) is 11.9. The molecule has 0 radical (unpaired) electrons. The van der Waals surface area contributed by atoms with E-state index in [-0.39, 0.29) is 33.7 Å². The molecule has 12 heteroatoms. The second-order valence-corrected chi connectivity index (χ2v) is 9.38. The fourth-order valence-corrected chi connectivity index (χ4v) is 4.52. The van der Waals surface area contributed by atoms with Crippen LogP contribution in [-0.2, 0) is 11.0 Å². The molecule has 1 aliphatic heterocycles. The zero-order valence-corrected chi connectivity index (χ0v) is 21.4. The van der Waals surface area contributed by atoms with E-state index in [0.717, 1.165) is 28.2 Å². The lowest BCUT2D eigenvalue weighted by Crippen LogP contribution is -2.24. The monoisotopic (exact) mass is 549 g/mol. The van der Waals surface area contributed by atoms with Crippen molar-refractivity contribution in [2.45, 2.75) is 20.0 Å². The Labute approximate surface area is 225 Å². The predicted octanol–water partition coefficient (Wildman–Crippen LogP) is 6.62. The minimum atomic E-state index is -4.60. The van der Waals surface area contributed by atoms with Gasteiger partial charge in [0.1, 0.15) is 17.1 Å². The number of halogens is 3. The highest BCUT2D eigenvalue weighted by Crippen LogP contribution is 2.44. The molecule has 9 nitrogen and oxygen atoms in total. The highest BCUT2D eigenvalue weighted by Gasteiger charge is 2.32. The quantitative estimate of drug-likeness (QED) is 0.151. The standard InChI is InChI=1S/C28H22F3N5O4/c1-14-8-15(2)10-18(9-14)36-21-13-17(28(29,30)31)5-6-19(21)24(26(36)39)34-33-20-7-4-16(12-23(20)37)11-22-25(38)32-27(40)35(22)3/h4-13,37,39H,1-3H3,(H,32,38,40)/b22-11+,34-33?. The molecular formula is C28H22F3N5O4. The Morgan fingerprint density at radius 3 is 2.23 bits per heavy atom. The second kappa shape index (κ2) is 9.56. The van der Waals surface area contributed by atoms with Crippen LogP contribution in [0.4, 0.5) is 29.3 Å². The third-order valence-corrected chi connectivity index (χ3v) is 6.39. The van der Waals surface area contributed by atoms with Crippen LogP contribution in [0.5, 0.6) is 11.6 Å². The molecule has 0 spiro atoms. The van der Waals surface area contributed by atoms with E-state index < -0.39 is 29.6 Å². The van der Waals surface area contributed by atoms with Crippen LogP contribution >= 0.6 is 0 Å². The van der Waals surface area contributed by atoms with Gasteiger partial charge in [-0.15, -0.1) is 10.2 Å². The molecular weight excluding hydrogens is 527 g/mol. The smallest absolute Gasteiger partial charge is 0.416 e. The number of carbonyl (C=O) groups is 2. The van der Waals surface area contributed by atoms with E-state index in [4.69, 9.17) is 0 Å². The fourth-order valence-electron chi connectivity index (χ4n) is 4.52. The number of aromatic hydroxyl groups is 2. The van der Waals surface area contributed by atoms with Gasteiger partial charge in [0.05, 0.1) is 11.1 Å². The SMILES string of the molecule is Cc1cc(C)cc(-n2c(O)c(N=Nc3ccc(/C=C4\C(=O)NC(=O)N4C)cc3O)c3ccc(C(F)(F)F)cc32)c1. The van der Waals surface area contributed by atoms with E-state index in [1.165, 1.54) is 42.0 Å². The maximum absolute atomic E-state index is 13.5. The minimum absolute atomic E-state index is 0.000987. The number of amides is 3. The molecule has 5 rings (SSSR count). The number of aryl methyl sites for hydroxylation is 2. The third kappa shape index (κ3) is 4.75. The molecule has 0 bridgehead atoms. The number of benzene rings is 3. The van der Waals surface area contributed by atoms with Crippen LogP contribution in [0.25, 0.3) is 22.7 Å². The minimum Gasteiger partial charge on any atom is -0.506 e. The van der Waals surface area contributed by atoms with Crippen LogP contribution < -0.4 is 5.32 Å². The Bertz CT molecular complexity index is 1750. The summed E-state index contributed by atoms with van der Waals surface area (Å²) >= 11 is 0. The summed E-state index contributed by atoms with van der Waals surface area (Å²) in [5, 5.41) is 32.2. The third-order valence-electron chi connectivity index (χ3n) is 6.39. The molecule has 3 amide bonds. The summed E-state index contributed by atoms with van der Waals surface area (Å²) < 4.78 is 41.9. The number of hydrogen-bond donors (Lipinski definition) is 3. The normalized spacial score (nSPS) is 15.2. The number of fused-ring (bicyclic) bond motifs is 1. The average molecular weight is 550 g/mol. The molecule has 2 heterocycles. The van der Waals surface area contributed by atoms with E-state index in [9.17, 15) is 33.0 Å². The number of likely N-dealkylation sites (N-methyl/N-ethyl adjacent to an activating group) is 1. The molecule has 3 aromatic carbocycles. The topological polar surface area (TPSA) is 120 Å². The first kappa shape index (κ1) is 26.5. The van der Waals surface area contributed by atoms with Gasteiger partial charge in [0, 0.05) is 18.1 Å². The van der Waals surface area contributed by atoms with Crippen molar-refractivity contribution in [2.75, 3.05) is 7.05 Å². The van der Waals surface area contributed by atoms with Crippen LogP contribution in [0.1, 0.15) is 22.3 Å². The number of phenolic OH excluding ortho intramolecular Hbond substituents is 1. The number of rotatable bonds is 4. The van der Waals surface area contributed by atoms with E-state index >= 15 is 0 Å². The van der Waals surface area contributed by atoms with Crippen molar-refractivity contribution in [3.8, 4) is 17.3 Å². The maximum Gasteiger partial charge on any atom is 0.416 e. The molecule has 40 heavy (non-hydrogen) atoms. The molecule has 1 aromatic heterocycles. The predicted molar refractivity (Wildman–Crippen MR) is 141 cm³/mol. The first-order valence-electron chi connectivity index (χ1n) is 11.9. The van der Waals surface area contributed by atoms with Crippen LogP contribution in [0.2, 0.25) is 0 Å². The van der Waals surface area contributed by atoms with E-state index in [0.29, 0.717) is 11.3 Å². The highest BCUT2D eigenvalue weighted by atomic mass is 19.4. The van der Waals surface area contributed by atoms with Gasteiger partial charge in [-0.25, -0.2) is 4.79 Å². The lowest BCUT2D eigenvalue weighted by atomic mass is 10.1. The van der Waals surface area contributed by atoms with Crippen molar-refractivity contribution in [1.82, 2.24) is 14.8 Å². The van der Waals surface area contributed by atoms with E-state index in [2.05, 4.69) is 15.5 Å². The summed E-state index contributed by atoms with van der Waals surface area (Å²) in [6, 6.07) is 12.0. The van der Waals surface area contributed by atoms with Gasteiger partial charge in [-0.05, 0) is 79.1 Å². The molecule has 0 aliphatic carbocycles. The Morgan fingerprint density at radius 2 is 1.62 bits per heavy atom. The van der Waals surface area contributed by atoms with Crippen molar-refractivity contribution in [1.29, 1.82) is 0 Å². The molecule has 204 valence electrons. The van der Waals surface area contributed by atoms with Crippen LogP contribution in [0, 0.1) is 13.8 Å². The molecule has 0 saturated carbocycles. The van der Waals surface area contributed by atoms with Crippen molar-refractivity contribution in [2.24, 2.45) is 10.2 Å². The number of imide groups is 1. The number of urea groups is 1. The molecule has 1 saturated heterocycles. The zero-order chi connectivity index (χ0) is 28.9. The summed E-state index contributed by atoms with van der Waals surface area (Å²) in [6.45, 7) is 3.66. The largest absolute Gasteiger partial charge is 0.506 e. The van der Waals surface area contributed by atoms with Crippen molar-refractivity contribution in [3.05, 3.63) is 82.5 Å². The summed E-state index contributed by atoms with van der Waals surface area (Å²) in [5.74, 6) is -1.33. The molecule has 1 aliphatic rings. The van der Waals surface area contributed by atoms with Gasteiger partial charge in [0.15, 0.2) is 5.69 Å². The number of nitrogens with one attached hydrogen (secondary N) is 1. The number of nitrogens with zero attached hydrogens (tertiary/aromatic N) is 4. The Kier molecular flexibility index (Phi) is 6.33. The number of phenols is 1. The van der Waals surface area contributed by atoms with Gasteiger partial charge >= 0.3 is 12.2 Å². The van der Waals surface area contributed by atoms with E-state index in [1.54, 1.807) is 12.1 Å². The van der Waals surface area contributed by atoms with Gasteiger partial charge in [0.2, 0.25) is 5.88 Å². The van der Waals surface area contributed by atoms with Crippen LogP contribution in [-0.4, -0.2) is 38.7 Å². The highest BCUT2D eigenvalue weighted by molar-refractivity contribution is 6.13. The van der Waals surface area contributed by atoms with Crippen LogP contribution in [0.15, 0.2) is 70.5 Å². The molecule has 0 atom stereocenters. The second-order valence-electron chi connectivity index (χ2n) is 9.38. The zero-order valence-electron chi connectivity index (χ0n) is 21.4. The number of aromatic nitrogens is 1. The summed E-state index contributed by atoms with van der Waals surface area (Å²) in [4.78, 5) is 24.7. The average Bonchev–Trinajstić information content (AvgIpc) is 3.28. The van der Waals surface area contributed by atoms with E-state index in [1.807, 2.05) is 19.9 Å².